The van der Waals surface area contributed by atoms with Crippen molar-refractivity contribution in [3.05, 3.63) is 35.1 Å². The van der Waals surface area contributed by atoms with Gasteiger partial charge in [0.25, 0.3) is 0 Å². The van der Waals surface area contributed by atoms with Crippen LogP contribution in [0.5, 0.6) is 11.5 Å². The molecule has 1 spiro atoms. The van der Waals surface area contributed by atoms with Crippen LogP contribution in [0.25, 0.3) is 0 Å². The highest BCUT2D eigenvalue weighted by Crippen LogP contribution is 2.55. The number of ether oxygens (including phenoxy) is 5. The van der Waals surface area contributed by atoms with Gasteiger partial charge in [0.15, 0.2) is 23.2 Å². The van der Waals surface area contributed by atoms with E-state index in [2.05, 4.69) is 11.0 Å². The van der Waals surface area contributed by atoms with Crippen molar-refractivity contribution in [2.24, 2.45) is 5.92 Å². The highest BCUT2D eigenvalue weighted by molar-refractivity contribution is 5.86. The van der Waals surface area contributed by atoms with Gasteiger partial charge in [0.05, 0.1) is 32.1 Å². The lowest BCUT2D eigenvalue weighted by molar-refractivity contribution is -0.179. The van der Waals surface area contributed by atoms with Crippen molar-refractivity contribution in [3.8, 4) is 11.5 Å². The second-order valence-electron chi connectivity index (χ2n) is 10.7. The Bertz CT molecular complexity index is 1080. The zero-order valence-corrected chi connectivity index (χ0v) is 21.4. The number of fused-ring (bicyclic) bond motifs is 3. The van der Waals surface area contributed by atoms with E-state index < -0.39 is 30.1 Å². The van der Waals surface area contributed by atoms with Crippen LogP contribution in [0.3, 0.4) is 0 Å². The SMILES string of the molecule is COC(=O)C[C@](O)(CC(C)C)C(=O)O[C@@H]1C(OC)=C[C@]23CCCN2CCc2cc4c(cc2C13)OCO4. The minimum Gasteiger partial charge on any atom is -0.497 e. The first-order chi connectivity index (χ1) is 17.2. The van der Waals surface area contributed by atoms with E-state index >= 15 is 0 Å². The molecule has 4 aliphatic rings. The first kappa shape index (κ1) is 24.9. The molecule has 3 aliphatic heterocycles. The number of hydrogen-bond donors (Lipinski definition) is 1. The number of carbonyl (C=O) groups is 2. The largest absolute Gasteiger partial charge is 0.497 e. The molecule has 0 saturated carbocycles. The first-order valence-electron chi connectivity index (χ1n) is 12.7. The molecular formula is C27H35NO8. The van der Waals surface area contributed by atoms with E-state index in [0.717, 1.165) is 49.2 Å². The summed E-state index contributed by atoms with van der Waals surface area (Å²) in [5, 5.41) is 11.3. The molecule has 1 aromatic carbocycles. The van der Waals surface area contributed by atoms with Gasteiger partial charge < -0.3 is 28.8 Å². The van der Waals surface area contributed by atoms with Crippen molar-refractivity contribution in [1.29, 1.82) is 0 Å². The van der Waals surface area contributed by atoms with Gasteiger partial charge in [-0.2, -0.15) is 0 Å². The van der Waals surface area contributed by atoms with Gasteiger partial charge >= 0.3 is 11.9 Å². The maximum absolute atomic E-state index is 13.6. The van der Waals surface area contributed by atoms with E-state index in [4.69, 9.17) is 23.7 Å². The Morgan fingerprint density at radius 1 is 1.22 bits per heavy atom. The van der Waals surface area contributed by atoms with Crippen LogP contribution in [0, 0.1) is 5.92 Å². The molecule has 196 valence electrons. The van der Waals surface area contributed by atoms with Crippen molar-refractivity contribution in [1.82, 2.24) is 4.90 Å². The highest BCUT2D eigenvalue weighted by Gasteiger charge is 2.59. The van der Waals surface area contributed by atoms with Crippen LogP contribution in [0.4, 0.5) is 0 Å². The summed E-state index contributed by atoms with van der Waals surface area (Å²) in [6.07, 6.45) is 3.67. The number of esters is 2. The fourth-order valence-corrected chi connectivity index (χ4v) is 6.53. The van der Waals surface area contributed by atoms with Crippen LogP contribution in [0.15, 0.2) is 24.0 Å². The summed E-state index contributed by atoms with van der Waals surface area (Å²) >= 11 is 0. The van der Waals surface area contributed by atoms with Crippen molar-refractivity contribution < 1.29 is 38.4 Å². The summed E-state index contributed by atoms with van der Waals surface area (Å²) in [5.74, 6) is 0.123. The lowest BCUT2D eigenvalue weighted by Gasteiger charge is -2.39. The molecule has 1 aromatic rings. The molecule has 0 radical (unpaired) electrons. The Labute approximate surface area is 211 Å². The minimum absolute atomic E-state index is 0.0526. The van der Waals surface area contributed by atoms with Crippen molar-refractivity contribution in [3.63, 3.8) is 0 Å². The van der Waals surface area contributed by atoms with Gasteiger partial charge in [0, 0.05) is 6.54 Å². The molecule has 0 amide bonds. The third kappa shape index (κ3) is 4.02. The zero-order chi connectivity index (χ0) is 25.7. The lowest BCUT2D eigenvalue weighted by atomic mass is 9.77. The summed E-state index contributed by atoms with van der Waals surface area (Å²) < 4.78 is 28.0. The Balaban J connectivity index is 1.56. The molecule has 1 aliphatic carbocycles. The second-order valence-corrected chi connectivity index (χ2v) is 10.7. The third-order valence-electron chi connectivity index (χ3n) is 7.99. The van der Waals surface area contributed by atoms with E-state index in [1.165, 1.54) is 7.11 Å². The van der Waals surface area contributed by atoms with Crippen molar-refractivity contribution in [2.45, 2.75) is 69.1 Å². The molecule has 0 bridgehead atoms. The van der Waals surface area contributed by atoms with Gasteiger partial charge in [-0.05, 0) is 67.5 Å². The van der Waals surface area contributed by atoms with E-state index in [-0.39, 0.29) is 30.6 Å². The summed E-state index contributed by atoms with van der Waals surface area (Å²) in [6.45, 7) is 5.72. The van der Waals surface area contributed by atoms with Gasteiger partial charge in [-0.1, -0.05) is 13.8 Å². The Hall–Kier alpha value is -2.78. The van der Waals surface area contributed by atoms with Crippen LogP contribution < -0.4 is 9.47 Å². The molecule has 1 fully saturated rings. The van der Waals surface area contributed by atoms with Crippen LogP contribution in [-0.2, 0) is 30.2 Å². The number of benzene rings is 1. The molecule has 9 nitrogen and oxygen atoms in total. The number of rotatable bonds is 7. The van der Waals surface area contributed by atoms with Crippen LogP contribution in [0.1, 0.15) is 56.6 Å². The molecular weight excluding hydrogens is 466 g/mol. The predicted molar refractivity (Wildman–Crippen MR) is 129 cm³/mol. The molecule has 4 atom stereocenters. The van der Waals surface area contributed by atoms with Gasteiger partial charge in [-0.3, -0.25) is 9.69 Å². The molecule has 1 N–H and O–H groups in total. The smallest absolute Gasteiger partial charge is 0.339 e. The normalized spacial score (nSPS) is 27.9. The molecule has 1 saturated heterocycles. The highest BCUT2D eigenvalue weighted by atomic mass is 16.7. The molecule has 9 heteroatoms. The molecule has 3 heterocycles. The number of nitrogens with zero attached hydrogens (tertiary/aromatic N) is 1. The molecule has 0 aromatic heterocycles. The first-order valence-corrected chi connectivity index (χ1v) is 12.7. The van der Waals surface area contributed by atoms with Crippen LogP contribution >= 0.6 is 0 Å². The third-order valence-corrected chi connectivity index (χ3v) is 7.99. The number of aliphatic hydroxyl groups is 1. The molecule has 5 rings (SSSR count). The summed E-state index contributed by atoms with van der Waals surface area (Å²) in [4.78, 5) is 28.2. The molecule has 1 unspecified atom stereocenters. The fourth-order valence-electron chi connectivity index (χ4n) is 6.53. The summed E-state index contributed by atoms with van der Waals surface area (Å²) in [7, 11) is 2.81. The Morgan fingerprint density at radius 2 is 1.97 bits per heavy atom. The number of methoxy groups -OCH3 is 2. The maximum atomic E-state index is 13.6. The monoisotopic (exact) mass is 501 g/mol. The zero-order valence-electron chi connectivity index (χ0n) is 21.4. The van der Waals surface area contributed by atoms with Crippen molar-refractivity contribution >= 4 is 11.9 Å². The van der Waals surface area contributed by atoms with E-state index in [0.29, 0.717) is 11.5 Å². The average Bonchev–Trinajstić information content (AvgIpc) is 3.52. The Kier molecular flexibility index (Phi) is 6.41. The van der Waals surface area contributed by atoms with E-state index in [9.17, 15) is 14.7 Å². The topological polar surface area (TPSA) is 104 Å². The van der Waals surface area contributed by atoms with Crippen LogP contribution in [0.2, 0.25) is 0 Å². The van der Waals surface area contributed by atoms with E-state index in [1.54, 1.807) is 7.11 Å². The lowest BCUT2D eigenvalue weighted by Crippen LogP contribution is -2.49. The van der Waals surface area contributed by atoms with Crippen LogP contribution in [-0.4, -0.2) is 73.3 Å². The fraction of sp³-hybridized carbons (Fsp3) is 0.630. The Morgan fingerprint density at radius 3 is 2.67 bits per heavy atom. The molecule has 36 heavy (non-hydrogen) atoms. The standard InChI is InChI=1S/C27H35NO8/c1-16(2)12-27(31,14-22(29)33-4)25(30)36-24-21(32-3)13-26-7-5-8-28(26)9-6-17-10-19-20(35-15-34-19)11-18(17)23(24)26/h10-11,13,16,23-24,31H,5-9,12,14-15H2,1-4H3/t23?,24-,26+,27-/m1/s1. The van der Waals surface area contributed by atoms with Gasteiger partial charge in [-0.25, -0.2) is 4.79 Å². The minimum atomic E-state index is -2.01. The van der Waals surface area contributed by atoms with Gasteiger partial charge in [0.1, 0.15) is 5.76 Å². The second kappa shape index (κ2) is 9.27. The van der Waals surface area contributed by atoms with Gasteiger partial charge in [0.2, 0.25) is 6.79 Å². The maximum Gasteiger partial charge on any atom is 0.339 e. The quantitative estimate of drug-likeness (QED) is 0.565. The van der Waals surface area contributed by atoms with Gasteiger partial charge in [-0.15, -0.1) is 0 Å². The number of hydrogen-bond acceptors (Lipinski definition) is 9. The predicted octanol–water partition coefficient (Wildman–Crippen LogP) is 2.69. The number of carbonyl (C=O) groups excluding carboxylic acids is 2. The summed E-state index contributed by atoms with van der Waals surface area (Å²) in [6, 6.07) is 4.04. The van der Waals surface area contributed by atoms with Crippen molar-refractivity contribution in [2.75, 3.05) is 34.1 Å². The average molecular weight is 502 g/mol. The summed E-state index contributed by atoms with van der Waals surface area (Å²) in [5.41, 5.74) is -0.233. The van der Waals surface area contributed by atoms with E-state index in [1.807, 2.05) is 26.0 Å².